The number of hydrogen-bond acceptors (Lipinski definition) is 2. The smallest absolute Gasteiger partial charge is 0.0366 e. The maximum absolute atomic E-state index is 2.52. The van der Waals surface area contributed by atoms with Crippen LogP contribution in [0, 0.1) is 0 Å². The van der Waals surface area contributed by atoms with Gasteiger partial charge in [-0.15, -0.1) is 0 Å². The van der Waals surface area contributed by atoms with E-state index in [2.05, 4.69) is 135 Å². The third-order valence-electron chi connectivity index (χ3n) is 5.36. The molecule has 2 heteroatoms. The predicted octanol–water partition coefficient (Wildman–Crippen LogP) is 8.00. The van der Waals surface area contributed by atoms with Gasteiger partial charge in [0.05, 0.1) is 0 Å². The first-order valence-corrected chi connectivity index (χ1v) is 11.9. The molecule has 2 aromatic carbocycles. The maximum atomic E-state index is 2.52. The standard InChI is InChI=1S/C30H40N2/c1-5-7-25-32(26-8-6-2)30-23-19-28(20-24-30)16-14-12-10-9-11-13-15-27-17-21-29(22-18-27)31(3)4/h9-24H,5-8,25-26H2,1-4H3. The molecule has 0 amide bonds. The van der Waals surface area contributed by atoms with Crippen LogP contribution in [-0.4, -0.2) is 27.2 Å². The minimum absolute atomic E-state index is 1.15. The van der Waals surface area contributed by atoms with Crippen molar-refractivity contribution in [2.45, 2.75) is 39.5 Å². The lowest BCUT2D eigenvalue weighted by atomic mass is 10.1. The molecule has 0 aliphatic rings. The number of unbranched alkanes of at least 4 members (excludes halogenated alkanes) is 2. The molecule has 0 aromatic heterocycles. The topological polar surface area (TPSA) is 6.48 Å². The summed E-state index contributed by atoms with van der Waals surface area (Å²) in [4.78, 5) is 4.63. The van der Waals surface area contributed by atoms with Crippen molar-refractivity contribution in [3.63, 3.8) is 0 Å². The van der Waals surface area contributed by atoms with E-state index in [0.717, 1.165) is 13.1 Å². The summed E-state index contributed by atoms with van der Waals surface area (Å²) in [6.07, 6.45) is 21.6. The Morgan fingerprint density at radius 3 is 1.38 bits per heavy atom. The SMILES string of the molecule is CCCCN(CCCC)c1ccc(C=CC=CC=CC=Cc2ccc(N(C)C)cc2)cc1. The van der Waals surface area contributed by atoms with Gasteiger partial charge in [-0.05, 0) is 48.2 Å². The van der Waals surface area contributed by atoms with Gasteiger partial charge in [-0.2, -0.15) is 0 Å². The van der Waals surface area contributed by atoms with Crippen LogP contribution in [0.25, 0.3) is 12.2 Å². The highest BCUT2D eigenvalue weighted by molar-refractivity contribution is 5.58. The summed E-state index contributed by atoms with van der Waals surface area (Å²) in [6, 6.07) is 17.5. The average molecular weight is 429 g/mol. The maximum Gasteiger partial charge on any atom is 0.0366 e. The molecule has 0 fully saturated rings. The van der Waals surface area contributed by atoms with Gasteiger partial charge in [0.25, 0.3) is 0 Å². The summed E-state index contributed by atoms with van der Waals surface area (Å²) < 4.78 is 0. The summed E-state index contributed by atoms with van der Waals surface area (Å²) in [5.74, 6) is 0. The fourth-order valence-electron chi connectivity index (χ4n) is 3.34. The Morgan fingerprint density at radius 2 is 0.969 bits per heavy atom. The largest absolute Gasteiger partial charge is 0.378 e. The summed E-state index contributed by atoms with van der Waals surface area (Å²) in [7, 11) is 4.11. The number of rotatable bonds is 13. The molecule has 0 radical (unpaired) electrons. The quantitative estimate of drug-likeness (QED) is 0.298. The molecule has 0 unspecified atom stereocenters. The number of allylic oxidation sites excluding steroid dienone is 6. The Morgan fingerprint density at radius 1 is 0.562 bits per heavy atom. The van der Waals surface area contributed by atoms with Crippen molar-refractivity contribution in [1.29, 1.82) is 0 Å². The van der Waals surface area contributed by atoms with Crippen LogP contribution in [-0.2, 0) is 0 Å². The highest BCUT2D eigenvalue weighted by Gasteiger charge is 2.04. The minimum atomic E-state index is 1.15. The van der Waals surface area contributed by atoms with E-state index in [-0.39, 0.29) is 0 Å². The zero-order valence-corrected chi connectivity index (χ0v) is 20.4. The average Bonchev–Trinajstić information content (AvgIpc) is 2.81. The van der Waals surface area contributed by atoms with Gasteiger partial charge in [-0.3, -0.25) is 0 Å². The van der Waals surface area contributed by atoms with E-state index in [1.807, 2.05) is 0 Å². The van der Waals surface area contributed by atoms with Crippen molar-refractivity contribution in [3.8, 4) is 0 Å². The van der Waals surface area contributed by atoms with Crippen LogP contribution in [0.1, 0.15) is 50.7 Å². The van der Waals surface area contributed by atoms with Crippen molar-refractivity contribution >= 4 is 23.5 Å². The molecule has 0 saturated heterocycles. The molecule has 0 spiro atoms. The predicted molar refractivity (Wildman–Crippen MR) is 146 cm³/mol. The molecule has 0 atom stereocenters. The van der Waals surface area contributed by atoms with E-state index in [4.69, 9.17) is 0 Å². The molecule has 2 rings (SSSR count). The fourth-order valence-corrected chi connectivity index (χ4v) is 3.34. The van der Waals surface area contributed by atoms with Gasteiger partial charge in [0, 0.05) is 38.6 Å². The van der Waals surface area contributed by atoms with E-state index in [1.165, 1.54) is 48.2 Å². The molecule has 0 saturated carbocycles. The summed E-state index contributed by atoms with van der Waals surface area (Å²) in [5.41, 5.74) is 4.99. The molecule has 2 aromatic rings. The molecular weight excluding hydrogens is 388 g/mol. The lowest BCUT2D eigenvalue weighted by Gasteiger charge is -2.24. The molecular formula is C30H40N2. The first-order valence-electron chi connectivity index (χ1n) is 11.9. The van der Waals surface area contributed by atoms with Gasteiger partial charge in [-0.1, -0.05) is 99.6 Å². The first-order chi connectivity index (χ1) is 15.6. The van der Waals surface area contributed by atoms with Crippen LogP contribution in [0.15, 0.2) is 85.0 Å². The van der Waals surface area contributed by atoms with Crippen molar-refractivity contribution in [2.24, 2.45) is 0 Å². The van der Waals surface area contributed by atoms with Gasteiger partial charge in [0.2, 0.25) is 0 Å². The van der Waals surface area contributed by atoms with E-state index < -0.39 is 0 Å². The lowest BCUT2D eigenvalue weighted by molar-refractivity contribution is 0.678. The summed E-state index contributed by atoms with van der Waals surface area (Å²) >= 11 is 0. The van der Waals surface area contributed by atoms with Crippen molar-refractivity contribution in [2.75, 3.05) is 37.0 Å². The number of anilines is 2. The van der Waals surface area contributed by atoms with Crippen LogP contribution in [0.2, 0.25) is 0 Å². The van der Waals surface area contributed by atoms with Crippen molar-refractivity contribution in [3.05, 3.63) is 96.1 Å². The Balaban J connectivity index is 1.82. The van der Waals surface area contributed by atoms with Crippen LogP contribution in [0.5, 0.6) is 0 Å². The van der Waals surface area contributed by atoms with Crippen molar-refractivity contribution < 1.29 is 0 Å². The van der Waals surface area contributed by atoms with Gasteiger partial charge in [-0.25, -0.2) is 0 Å². The fraction of sp³-hybridized carbons (Fsp3) is 0.333. The first kappa shape index (κ1) is 25.3. The van der Waals surface area contributed by atoms with Crippen LogP contribution in [0.3, 0.4) is 0 Å². The van der Waals surface area contributed by atoms with E-state index in [9.17, 15) is 0 Å². The van der Waals surface area contributed by atoms with Crippen molar-refractivity contribution in [1.82, 2.24) is 0 Å². The minimum Gasteiger partial charge on any atom is -0.378 e. The van der Waals surface area contributed by atoms with Gasteiger partial charge in [0.15, 0.2) is 0 Å². The lowest BCUT2D eigenvalue weighted by Crippen LogP contribution is -2.25. The second kappa shape index (κ2) is 14.9. The van der Waals surface area contributed by atoms with E-state index in [1.54, 1.807) is 0 Å². The zero-order valence-electron chi connectivity index (χ0n) is 20.4. The Hall–Kier alpha value is -3.00. The van der Waals surface area contributed by atoms with Crippen LogP contribution in [0.4, 0.5) is 11.4 Å². The van der Waals surface area contributed by atoms with Gasteiger partial charge >= 0.3 is 0 Å². The Labute approximate surface area is 196 Å². The Bertz CT molecular complexity index is 860. The summed E-state index contributed by atoms with van der Waals surface area (Å²) in [6.45, 7) is 6.82. The third-order valence-corrected chi connectivity index (χ3v) is 5.36. The second-order valence-electron chi connectivity index (χ2n) is 8.26. The van der Waals surface area contributed by atoms with Gasteiger partial charge < -0.3 is 9.80 Å². The molecule has 0 bridgehead atoms. The highest BCUT2D eigenvalue weighted by Crippen LogP contribution is 2.18. The molecule has 0 N–H and O–H groups in total. The van der Waals surface area contributed by atoms with Crippen LogP contribution >= 0.6 is 0 Å². The second-order valence-corrected chi connectivity index (χ2v) is 8.26. The summed E-state index contributed by atoms with van der Waals surface area (Å²) in [5, 5.41) is 0. The van der Waals surface area contributed by atoms with Crippen LogP contribution < -0.4 is 9.80 Å². The molecule has 0 aliphatic heterocycles. The molecule has 0 aliphatic carbocycles. The molecule has 2 nitrogen and oxygen atoms in total. The third kappa shape index (κ3) is 9.43. The zero-order chi connectivity index (χ0) is 23.0. The number of hydrogen-bond donors (Lipinski definition) is 0. The van der Waals surface area contributed by atoms with E-state index in [0.29, 0.717) is 0 Å². The highest BCUT2D eigenvalue weighted by atomic mass is 15.1. The molecule has 0 heterocycles. The molecule has 32 heavy (non-hydrogen) atoms. The van der Waals surface area contributed by atoms with Gasteiger partial charge in [0.1, 0.15) is 0 Å². The Kier molecular flexibility index (Phi) is 11.8. The number of nitrogens with zero attached hydrogens (tertiary/aromatic N) is 2. The van der Waals surface area contributed by atoms with E-state index >= 15 is 0 Å². The monoisotopic (exact) mass is 428 g/mol. The number of benzene rings is 2. The molecule has 170 valence electrons. The normalized spacial score (nSPS) is 12.0.